The van der Waals surface area contributed by atoms with Gasteiger partial charge in [-0.15, -0.1) is 0 Å². The van der Waals surface area contributed by atoms with Gasteiger partial charge in [-0.2, -0.15) is 0 Å². The number of nitrogens with zero attached hydrogens (tertiary/aromatic N) is 4. The molecule has 0 radical (unpaired) electrons. The van der Waals surface area contributed by atoms with Crippen molar-refractivity contribution in [3.8, 4) is 22.6 Å². The van der Waals surface area contributed by atoms with Gasteiger partial charge in [-0.3, -0.25) is 9.59 Å². The number of aromatic nitrogens is 4. The van der Waals surface area contributed by atoms with Gasteiger partial charge in [-0.25, -0.2) is 19.3 Å². The highest BCUT2D eigenvalue weighted by Crippen LogP contribution is 2.46. The van der Waals surface area contributed by atoms with E-state index in [9.17, 15) is 19.1 Å². The number of anilines is 1. The van der Waals surface area contributed by atoms with Crippen LogP contribution < -0.4 is 5.32 Å². The lowest BCUT2D eigenvalue weighted by Crippen LogP contribution is -2.51. The highest BCUT2D eigenvalue weighted by molar-refractivity contribution is 5.95. The van der Waals surface area contributed by atoms with Gasteiger partial charge >= 0.3 is 5.97 Å². The molecule has 3 aliphatic carbocycles. The van der Waals surface area contributed by atoms with Crippen molar-refractivity contribution in [3.63, 3.8) is 0 Å². The van der Waals surface area contributed by atoms with E-state index in [0.29, 0.717) is 65.8 Å². The molecular weight excluding hydrogens is 539 g/mol. The van der Waals surface area contributed by atoms with Gasteiger partial charge in [0.1, 0.15) is 17.3 Å². The second-order valence-electron chi connectivity index (χ2n) is 11.4. The number of fused-ring (bicyclic) bond motifs is 4. The molecule has 10 nitrogen and oxygen atoms in total. The lowest BCUT2D eigenvalue weighted by molar-refractivity contribution is -0.148. The minimum absolute atomic E-state index is 0.0454. The number of pyridine rings is 1. The van der Waals surface area contributed by atoms with E-state index in [2.05, 4.69) is 15.3 Å². The first kappa shape index (κ1) is 26.5. The van der Waals surface area contributed by atoms with Crippen molar-refractivity contribution in [1.82, 2.24) is 24.8 Å². The molecule has 1 aromatic carbocycles. The quantitative estimate of drug-likeness (QED) is 0.306. The monoisotopic (exact) mass is 570 g/mol. The van der Waals surface area contributed by atoms with Crippen LogP contribution in [0.2, 0.25) is 0 Å². The summed E-state index contributed by atoms with van der Waals surface area (Å²) < 4.78 is 19.5. The van der Waals surface area contributed by atoms with Crippen LogP contribution in [0.4, 0.5) is 10.2 Å². The van der Waals surface area contributed by atoms with E-state index in [-0.39, 0.29) is 23.8 Å². The van der Waals surface area contributed by atoms with E-state index in [1.165, 1.54) is 6.07 Å². The van der Waals surface area contributed by atoms with Crippen LogP contribution in [-0.2, 0) is 9.53 Å². The summed E-state index contributed by atoms with van der Waals surface area (Å²) in [5.74, 6) is -0.538. The normalized spacial score (nSPS) is 23.7. The van der Waals surface area contributed by atoms with Gasteiger partial charge in [0.15, 0.2) is 5.82 Å². The molecule has 42 heavy (non-hydrogen) atoms. The van der Waals surface area contributed by atoms with Gasteiger partial charge in [0, 0.05) is 53.5 Å². The summed E-state index contributed by atoms with van der Waals surface area (Å²) in [6.07, 6.45) is 6.70. The van der Waals surface area contributed by atoms with Crippen molar-refractivity contribution in [3.05, 3.63) is 60.2 Å². The Balaban J connectivity index is 1.27. The van der Waals surface area contributed by atoms with Crippen LogP contribution in [-0.4, -0.2) is 74.2 Å². The third-order valence-corrected chi connectivity index (χ3v) is 9.01. The number of aromatic amines is 1. The van der Waals surface area contributed by atoms with Gasteiger partial charge in [-0.05, 0) is 55.7 Å². The molecule has 2 unspecified atom stereocenters. The number of carboxylic acid groups (broad SMARTS) is 1. The predicted molar refractivity (Wildman–Crippen MR) is 153 cm³/mol. The van der Waals surface area contributed by atoms with Crippen molar-refractivity contribution in [1.29, 1.82) is 0 Å². The Morgan fingerprint density at radius 2 is 1.76 bits per heavy atom. The first-order valence-corrected chi connectivity index (χ1v) is 14.4. The number of nitrogens with one attached hydrogen (secondary N) is 2. The van der Waals surface area contributed by atoms with Crippen LogP contribution in [0.1, 0.15) is 36.0 Å². The molecule has 4 aromatic rings. The van der Waals surface area contributed by atoms with Crippen LogP contribution in [0.5, 0.6) is 0 Å². The zero-order valence-corrected chi connectivity index (χ0v) is 22.9. The smallest absolute Gasteiger partial charge is 0.308 e. The molecule has 4 aliphatic rings. The molecule has 3 aromatic heterocycles. The Bertz CT molecular complexity index is 1640. The number of aliphatic carboxylic acids is 1. The summed E-state index contributed by atoms with van der Waals surface area (Å²) >= 11 is 0. The average Bonchev–Trinajstić information content (AvgIpc) is 3.44. The van der Waals surface area contributed by atoms with E-state index >= 15 is 0 Å². The van der Waals surface area contributed by atoms with Gasteiger partial charge in [0.2, 0.25) is 0 Å². The number of carbonyl (C=O) groups excluding carboxylic acids is 1. The van der Waals surface area contributed by atoms with Gasteiger partial charge in [0.25, 0.3) is 5.91 Å². The van der Waals surface area contributed by atoms with Crippen molar-refractivity contribution in [2.24, 2.45) is 17.8 Å². The van der Waals surface area contributed by atoms with E-state index in [1.807, 2.05) is 18.2 Å². The SMILES string of the molecule is O=C(O)C1C2CCC(CC2)C1Nc1cc(-c2ccc(C(=O)N3CCOCC3)cc2)nc(-c2c[nH]c3ncc(F)cc23)n1. The van der Waals surface area contributed by atoms with E-state index in [4.69, 9.17) is 14.7 Å². The fourth-order valence-corrected chi connectivity index (χ4v) is 6.87. The maximum Gasteiger partial charge on any atom is 0.308 e. The van der Waals surface area contributed by atoms with Crippen LogP contribution in [0.3, 0.4) is 0 Å². The number of carboxylic acids is 1. The minimum Gasteiger partial charge on any atom is -0.481 e. The van der Waals surface area contributed by atoms with Crippen molar-refractivity contribution < 1.29 is 23.8 Å². The van der Waals surface area contributed by atoms with Gasteiger partial charge in [0.05, 0.1) is 31.0 Å². The number of rotatable bonds is 6. The van der Waals surface area contributed by atoms with Crippen LogP contribution in [0.15, 0.2) is 48.8 Å². The molecule has 2 atom stereocenters. The number of morpholine rings is 1. The Labute approximate surface area is 241 Å². The number of carbonyl (C=O) groups is 2. The summed E-state index contributed by atoms with van der Waals surface area (Å²) in [4.78, 5) is 43.9. The molecule has 3 saturated carbocycles. The third kappa shape index (κ3) is 4.87. The average molecular weight is 571 g/mol. The highest BCUT2D eigenvalue weighted by Gasteiger charge is 2.47. The first-order chi connectivity index (χ1) is 20.4. The second kappa shape index (κ2) is 10.8. The van der Waals surface area contributed by atoms with E-state index in [1.54, 1.807) is 23.2 Å². The molecule has 8 rings (SSSR count). The summed E-state index contributed by atoms with van der Waals surface area (Å²) in [5, 5.41) is 14.1. The molecule has 0 spiro atoms. The molecule has 1 aliphatic heterocycles. The molecule has 1 amide bonds. The molecule has 216 valence electrons. The molecule has 4 heterocycles. The Kier molecular flexibility index (Phi) is 6.81. The number of H-pyrrole nitrogens is 1. The molecule has 1 saturated heterocycles. The lowest BCUT2D eigenvalue weighted by atomic mass is 9.61. The molecular formula is C31H31FN6O4. The highest BCUT2D eigenvalue weighted by atomic mass is 19.1. The van der Waals surface area contributed by atoms with E-state index in [0.717, 1.165) is 37.4 Å². The second-order valence-corrected chi connectivity index (χ2v) is 11.4. The molecule has 3 N–H and O–H groups in total. The first-order valence-electron chi connectivity index (χ1n) is 14.4. The fourth-order valence-electron chi connectivity index (χ4n) is 6.87. The number of hydrogen-bond acceptors (Lipinski definition) is 7. The number of amides is 1. The number of halogens is 1. The van der Waals surface area contributed by atoms with Crippen molar-refractivity contribution in [2.75, 3.05) is 31.6 Å². The predicted octanol–water partition coefficient (Wildman–Crippen LogP) is 4.60. The Morgan fingerprint density at radius 3 is 2.50 bits per heavy atom. The molecule has 11 heteroatoms. The Hall–Kier alpha value is -4.38. The van der Waals surface area contributed by atoms with E-state index < -0.39 is 17.7 Å². The number of hydrogen-bond donors (Lipinski definition) is 3. The summed E-state index contributed by atoms with van der Waals surface area (Å²) in [7, 11) is 0. The zero-order chi connectivity index (χ0) is 28.8. The number of benzene rings is 1. The third-order valence-electron chi connectivity index (χ3n) is 9.01. The maximum absolute atomic E-state index is 14.2. The summed E-state index contributed by atoms with van der Waals surface area (Å²) in [6, 6.07) is 10.2. The van der Waals surface area contributed by atoms with Gasteiger partial charge in [-0.1, -0.05) is 12.1 Å². The zero-order valence-electron chi connectivity index (χ0n) is 22.9. The van der Waals surface area contributed by atoms with Crippen LogP contribution in [0, 0.1) is 23.6 Å². The van der Waals surface area contributed by atoms with Gasteiger partial charge < -0.3 is 25.0 Å². The lowest BCUT2D eigenvalue weighted by Gasteiger charge is -2.47. The largest absolute Gasteiger partial charge is 0.481 e. The Morgan fingerprint density at radius 1 is 1.02 bits per heavy atom. The van der Waals surface area contributed by atoms with Crippen LogP contribution in [0.25, 0.3) is 33.7 Å². The van der Waals surface area contributed by atoms with Crippen LogP contribution >= 0.6 is 0 Å². The fraction of sp³-hybridized carbons (Fsp3) is 0.387. The van der Waals surface area contributed by atoms with Crippen molar-refractivity contribution >= 4 is 28.7 Å². The standard InChI is InChI=1S/C31H31FN6O4/c32-21-13-22-23(16-34-28(22)33-15-21)29-35-24(17-1-7-20(8-2-17)30(39)38-9-11-42-12-10-38)14-25(37-29)36-27-19-5-3-18(4-6-19)26(27)31(40)41/h1-2,7-8,13-16,18-19,26-27H,3-6,9-12H2,(H,33,34)(H,40,41)(H,35,36,37). The number of ether oxygens (including phenoxy) is 1. The summed E-state index contributed by atoms with van der Waals surface area (Å²) in [6.45, 7) is 2.18. The summed E-state index contributed by atoms with van der Waals surface area (Å²) in [5.41, 5.74) is 3.04. The maximum atomic E-state index is 14.2. The molecule has 4 fully saturated rings. The topological polar surface area (TPSA) is 133 Å². The minimum atomic E-state index is -0.782. The van der Waals surface area contributed by atoms with Crippen molar-refractivity contribution in [2.45, 2.75) is 31.7 Å². The molecule has 2 bridgehead atoms.